The third-order valence-electron chi connectivity index (χ3n) is 4.50. The van der Waals surface area contributed by atoms with E-state index in [1.165, 1.54) is 5.56 Å². The van der Waals surface area contributed by atoms with Crippen LogP contribution in [-0.4, -0.2) is 11.9 Å². The molecule has 2 atom stereocenters. The van der Waals surface area contributed by atoms with E-state index in [4.69, 9.17) is 4.74 Å². The summed E-state index contributed by atoms with van der Waals surface area (Å²) in [7, 11) is 0. The molecule has 0 amide bonds. The average molecular weight is 294 g/mol. The van der Waals surface area contributed by atoms with Crippen molar-refractivity contribution in [3.05, 3.63) is 71.8 Å². The van der Waals surface area contributed by atoms with Gasteiger partial charge in [0.15, 0.2) is 5.78 Å². The predicted molar refractivity (Wildman–Crippen MR) is 87.9 cm³/mol. The minimum Gasteiger partial charge on any atom is -0.367 e. The van der Waals surface area contributed by atoms with Gasteiger partial charge in [0, 0.05) is 12.0 Å². The van der Waals surface area contributed by atoms with Crippen LogP contribution in [0.15, 0.2) is 60.7 Å². The first-order chi connectivity index (χ1) is 10.7. The van der Waals surface area contributed by atoms with Crippen LogP contribution >= 0.6 is 0 Å². The van der Waals surface area contributed by atoms with Gasteiger partial charge in [-0.05, 0) is 31.7 Å². The Morgan fingerprint density at radius 2 is 1.73 bits per heavy atom. The summed E-state index contributed by atoms with van der Waals surface area (Å²) in [6.45, 7) is 2.14. The Balaban J connectivity index is 1.70. The fraction of sp³-hybridized carbons (Fsp3) is 0.350. The Labute approximate surface area is 132 Å². The van der Waals surface area contributed by atoms with Crippen LogP contribution in [0.25, 0.3) is 0 Å². The highest BCUT2D eigenvalue weighted by atomic mass is 16.5. The van der Waals surface area contributed by atoms with Crippen LogP contribution in [0.3, 0.4) is 0 Å². The zero-order valence-corrected chi connectivity index (χ0v) is 13.0. The molecular formula is C20H22O2. The zero-order chi connectivity index (χ0) is 15.4. The van der Waals surface area contributed by atoms with E-state index < -0.39 is 0 Å². The van der Waals surface area contributed by atoms with Gasteiger partial charge in [-0.2, -0.15) is 0 Å². The first-order valence-corrected chi connectivity index (χ1v) is 7.99. The van der Waals surface area contributed by atoms with Crippen molar-refractivity contribution < 1.29 is 9.53 Å². The quantitative estimate of drug-likeness (QED) is 0.761. The zero-order valence-electron chi connectivity index (χ0n) is 13.0. The maximum Gasteiger partial charge on any atom is 0.165 e. The fourth-order valence-electron chi connectivity index (χ4n) is 3.25. The number of rotatable bonds is 4. The van der Waals surface area contributed by atoms with Crippen molar-refractivity contribution in [1.29, 1.82) is 0 Å². The van der Waals surface area contributed by atoms with E-state index >= 15 is 0 Å². The van der Waals surface area contributed by atoms with E-state index in [1.54, 1.807) is 0 Å². The Morgan fingerprint density at radius 3 is 2.41 bits per heavy atom. The number of ketones is 1. The molecule has 1 aliphatic heterocycles. The smallest absolute Gasteiger partial charge is 0.165 e. The number of ether oxygens (including phenoxy) is 1. The highest BCUT2D eigenvalue weighted by Gasteiger charge is 2.35. The number of carbonyl (C=O) groups is 1. The molecule has 0 radical (unpaired) electrons. The summed E-state index contributed by atoms with van der Waals surface area (Å²) in [5.41, 5.74) is 1.70. The van der Waals surface area contributed by atoms with Gasteiger partial charge in [-0.15, -0.1) is 0 Å². The Morgan fingerprint density at radius 1 is 1.09 bits per heavy atom. The molecule has 1 saturated heterocycles. The summed E-state index contributed by atoms with van der Waals surface area (Å²) in [5.74, 6) is 0.169. The first kappa shape index (κ1) is 15.0. The van der Waals surface area contributed by atoms with Gasteiger partial charge in [0.1, 0.15) is 0 Å². The molecule has 0 aliphatic carbocycles. The van der Waals surface area contributed by atoms with E-state index in [9.17, 15) is 4.79 Å². The minimum atomic E-state index is -0.277. The molecule has 0 bridgehead atoms. The number of Topliss-reactive ketones (excluding diaryl/α,β-unsaturated/α-hetero) is 1. The SMILES string of the molecule is C[C@]1(c2ccccc2)CCC[C@H](CC(=O)c2ccccc2)O1. The number of hydrogen-bond acceptors (Lipinski definition) is 2. The molecule has 0 unspecified atom stereocenters. The maximum atomic E-state index is 12.4. The second-order valence-corrected chi connectivity index (χ2v) is 6.22. The normalized spacial score (nSPS) is 24.9. The van der Waals surface area contributed by atoms with Crippen molar-refractivity contribution >= 4 is 5.78 Å². The van der Waals surface area contributed by atoms with Crippen molar-refractivity contribution in [2.24, 2.45) is 0 Å². The van der Waals surface area contributed by atoms with Gasteiger partial charge in [-0.1, -0.05) is 60.7 Å². The highest BCUT2D eigenvalue weighted by molar-refractivity contribution is 5.96. The summed E-state index contributed by atoms with van der Waals surface area (Å²) in [4.78, 5) is 12.4. The van der Waals surface area contributed by atoms with E-state index in [-0.39, 0.29) is 17.5 Å². The summed E-state index contributed by atoms with van der Waals surface area (Å²) in [6, 6.07) is 19.8. The third kappa shape index (κ3) is 3.28. The lowest BCUT2D eigenvalue weighted by Gasteiger charge is -2.39. The van der Waals surface area contributed by atoms with E-state index in [2.05, 4.69) is 19.1 Å². The van der Waals surface area contributed by atoms with Crippen molar-refractivity contribution in [2.45, 2.75) is 44.3 Å². The lowest BCUT2D eigenvalue weighted by atomic mass is 9.85. The largest absolute Gasteiger partial charge is 0.367 e. The molecule has 1 heterocycles. The van der Waals surface area contributed by atoms with Crippen LogP contribution in [0.2, 0.25) is 0 Å². The van der Waals surface area contributed by atoms with Crippen LogP contribution in [-0.2, 0) is 10.3 Å². The molecule has 2 aromatic rings. The third-order valence-corrected chi connectivity index (χ3v) is 4.50. The van der Waals surface area contributed by atoms with Gasteiger partial charge in [0.2, 0.25) is 0 Å². The number of hydrogen-bond donors (Lipinski definition) is 0. The molecule has 1 fully saturated rings. The van der Waals surface area contributed by atoms with E-state index in [0.29, 0.717) is 6.42 Å². The molecule has 114 valence electrons. The standard InChI is InChI=1S/C20H22O2/c1-20(17-11-6-3-7-12-17)14-8-13-18(22-20)15-19(21)16-9-4-2-5-10-16/h2-7,9-12,18H,8,13-15H2,1H3/t18-,20-/m1/s1. The number of carbonyl (C=O) groups excluding carboxylic acids is 1. The molecule has 2 nitrogen and oxygen atoms in total. The summed E-state index contributed by atoms with van der Waals surface area (Å²) >= 11 is 0. The van der Waals surface area contributed by atoms with E-state index in [0.717, 1.165) is 24.8 Å². The van der Waals surface area contributed by atoms with Crippen molar-refractivity contribution in [3.63, 3.8) is 0 Å². The topological polar surface area (TPSA) is 26.3 Å². The van der Waals surface area contributed by atoms with Crippen LogP contribution in [0.5, 0.6) is 0 Å². The molecule has 2 aromatic carbocycles. The lowest BCUT2D eigenvalue weighted by molar-refractivity contribution is -0.121. The fourth-order valence-corrected chi connectivity index (χ4v) is 3.25. The van der Waals surface area contributed by atoms with Crippen LogP contribution in [0, 0.1) is 0 Å². The summed E-state index contributed by atoms with van der Waals surface area (Å²) in [6.07, 6.45) is 3.53. The van der Waals surface area contributed by atoms with Crippen LogP contribution in [0.4, 0.5) is 0 Å². The Hall–Kier alpha value is -1.93. The molecule has 3 rings (SSSR count). The first-order valence-electron chi connectivity index (χ1n) is 7.99. The Bertz CT molecular complexity index is 621. The molecule has 0 spiro atoms. The summed E-state index contributed by atoms with van der Waals surface area (Å²) < 4.78 is 6.33. The van der Waals surface area contributed by atoms with Gasteiger partial charge >= 0.3 is 0 Å². The van der Waals surface area contributed by atoms with Crippen molar-refractivity contribution in [1.82, 2.24) is 0 Å². The molecule has 0 saturated carbocycles. The molecule has 22 heavy (non-hydrogen) atoms. The van der Waals surface area contributed by atoms with Crippen LogP contribution < -0.4 is 0 Å². The second-order valence-electron chi connectivity index (χ2n) is 6.22. The molecule has 0 N–H and O–H groups in total. The lowest BCUT2D eigenvalue weighted by Crippen LogP contribution is -2.36. The molecule has 2 heteroatoms. The summed E-state index contributed by atoms with van der Waals surface area (Å²) in [5, 5.41) is 0. The van der Waals surface area contributed by atoms with Gasteiger partial charge < -0.3 is 4.74 Å². The van der Waals surface area contributed by atoms with Gasteiger partial charge in [0.25, 0.3) is 0 Å². The number of benzene rings is 2. The molecule has 1 aliphatic rings. The van der Waals surface area contributed by atoms with Gasteiger partial charge in [0.05, 0.1) is 11.7 Å². The van der Waals surface area contributed by atoms with E-state index in [1.807, 2.05) is 48.5 Å². The average Bonchev–Trinajstić information content (AvgIpc) is 2.56. The molecule has 0 aromatic heterocycles. The van der Waals surface area contributed by atoms with Crippen molar-refractivity contribution in [2.75, 3.05) is 0 Å². The Kier molecular flexibility index (Phi) is 4.39. The monoisotopic (exact) mass is 294 g/mol. The van der Waals surface area contributed by atoms with Crippen LogP contribution in [0.1, 0.15) is 48.5 Å². The minimum absolute atomic E-state index is 0.00617. The highest BCUT2D eigenvalue weighted by Crippen LogP contribution is 2.38. The maximum absolute atomic E-state index is 12.4. The predicted octanol–water partition coefficient (Wildman–Crippen LogP) is 4.74. The molecular weight excluding hydrogens is 272 g/mol. The van der Waals surface area contributed by atoms with Crippen molar-refractivity contribution in [3.8, 4) is 0 Å². The second kappa shape index (κ2) is 6.45. The van der Waals surface area contributed by atoms with Gasteiger partial charge in [-0.3, -0.25) is 4.79 Å². The van der Waals surface area contributed by atoms with Gasteiger partial charge in [-0.25, -0.2) is 0 Å².